The lowest BCUT2D eigenvalue weighted by Gasteiger charge is -2.13. The molecule has 26 heavy (non-hydrogen) atoms. The van der Waals surface area contributed by atoms with E-state index in [2.05, 4.69) is 5.32 Å². The zero-order valence-corrected chi connectivity index (χ0v) is 16.5. The van der Waals surface area contributed by atoms with E-state index in [1.165, 1.54) is 14.2 Å². The highest BCUT2D eigenvalue weighted by molar-refractivity contribution is 6.35. The minimum atomic E-state index is -0.182. The van der Waals surface area contributed by atoms with Crippen LogP contribution in [-0.2, 0) is 4.79 Å². The first kappa shape index (κ1) is 20.5. The van der Waals surface area contributed by atoms with E-state index in [4.69, 9.17) is 49.0 Å². The van der Waals surface area contributed by atoms with Gasteiger partial charge in [0, 0.05) is 23.6 Å². The molecule has 0 saturated heterocycles. The van der Waals surface area contributed by atoms with Crippen molar-refractivity contribution in [3.05, 3.63) is 45.4 Å². The summed E-state index contributed by atoms with van der Waals surface area (Å²) in [6.45, 7) is 0.343. The number of rotatable bonds is 8. The molecule has 2 aromatic rings. The van der Waals surface area contributed by atoms with Crippen LogP contribution in [0.15, 0.2) is 30.3 Å². The van der Waals surface area contributed by atoms with Gasteiger partial charge < -0.3 is 19.5 Å². The van der Waals surface area contributed by atoms with E-state index in [-0.39, 0.29) is 12.3 Å². The molecule has 2 rings (SSSR count). The van der Waals surface area contributed by atoms with Gasteiger partial charge in [0.2, 0.25) is 5.91 Å². The molecule has 0 fully saturated rings. The van der Waals surface area contributed by atoms with E-state index in [9.17, 15) is 4.79 Å². The first-order chi connectivity index (χ1) is 12.4. The van der Waals surface area contributed by atoms with Gasteiger partial charge >= 0.3 is 0 Å². The second-order valence-corrected chi connectivity index (χ2v) is 6.51. The second-order valence-electron chi connectivity index (χ2n) is 5.26. The van der Waals surface area contributed by atoms with E-state index in [1.54, 1.807) is 30.3 Å². The van der Waals surface area contributed by atoms with Crippen LogP contribution in [0.3, 0.4) is 0 Å². The summed E-state index contributed by atoms with van der Waals surface area (Å²) in [5.74, 6) is 1.25. The van der Waals surface area contributed by atoms with Crippen LogP contribution in [0.25, 0.3) is 0 Å². The van der Waals surface area contributed by atoms with Gasteiger partial charge in [0.1, 0.15) is 17.2 Å². The Morgan fingerprint density at radius 3 is 2.31 bits per heavy atom. The van der Waals surface area contributed by atoms with Crippen molar-refractivity contribution in [3.8, 4) is 17.2 Å². The Balaban J connectivity index is 1.87. The van der Waals surface area contributed by atoms with Gasteiger partial charge in [-0.05, 0) is 24.6 Å². The largest absolute Gasteiger partial charge is 0.495 e. The molecule has 1 amide bonds. The van der Waals surface area contributed by atoms with Crippen LogP contribution in [0.2, 0.25) is 15.1 Å². The SMILES string of the molecule is COc1cc(NC(=O)CCCOc2ccc(Cl)cc2Cl)c(OC)cc1Cl. The van der Waals surface area contributed by atoms with Gasteiger partial charge in [-0.3, -0.25) is 4.79 Å². The molecule has 0 unspecified atom stereocenters. The van der Waals surface area contributed by atoms with Crippen molar-refractivity contribution in [2.45, 2.75) is 12.8 Å². The van der Waals surface area contributed by atoms with Crippen LogP contribution in [0.5, 0.6) is 17.2 Å². The molecular formula is C18H18Cl3NO4. The summed E-state index contributed by atoms with van der Waals surface area (Å²) in [5.41, 5.74) is 0.486. The average Bonchev–Trinajstić information content (AvgIpc) is 2.61. The minimum Gasteiger partial charge on any atom is -0.495 e. The van der Waals surface area contributed by atoms with E-state index < -0.39 is 0 Å². The number of carbonyl (C=O) groups is 1. The van der Waals surface area contributed by atoms with Crippen LogP contribution in [0.1, 0.15) is 12.8 Å². The topological polar surface area (TPSA) is 56.8 Å². The molecule has 8 heteroatoms. The number of amides is 1. The lowest BCUT2D eigenvalue weighted by atomic mass is 10.2. The summed E-state index contributed by atoms with van der Waals surface area (Å²) in [7, 11) is 3.00. The summed E-state index contributed by atoms with van der Waals surface area (Å²) < 4.78 is 15.9. The first-order valence-corrected chi connectivity index (χ1v) is 8.87. The average molecular weight is 419 g/mol. The molecule has 0 aliphatic heterocycles. The van der Waals surface area contributed by atoms with Gasteiger partial charge in [-0.25, -0.2) is 0 Å². The zero-order chi connectivity index (χ0) is 19.1. The Bertz CT molecular complexity index is 783. The molecule has 0 atom stereocenters. The molecular weight excluding hydrogens is 401 g/mol. The quantitative estimate of drug-likeness (QED) is 0.578. The Labute approximate surface area is 167 Å². The van der Waals surface area contributed by atoms with Crippen molar-refractivity contribution in [1.29, 1.82) is 0 Å². The van der Waals surface area contributed by atoms with Gasteiger partial charge in [-0.1, -0.05) is 34.8 Å². The molecule has 0 spiro atoms. The maximum Gasteiger partial charge on any atom is 0.224 e. The molecule has 5 nitrogen and oxygen atoms in total. The Kier molecular flexibility index (Phi) is 7.69. The molecule has 0 bridgehead atoms. The molecule has 0 saturated carbocycles. The zero-order valence-electron chi connectivity index (χ0n) is 14.3. The van der Waals surface area contributed by atoms with E-state index in [0.29, 0.717) is 51.0 Å². The van der Waals surface area contributed by atoms with Crippen molar-refractivity contribution < 1.29 is 19.0 Å². The standard InChI is InChI=1S/C18H18Cl3NO4/c1-24-16-10-14(17(25-2)9-13(16)21)22-18(23)4-3-7-26-15-6-5-11(19)8-12(15)20/h5-6,8-10H,3-4,7H2,1-2H3,(H,22,23). The van der Waals surface area contributed by atoms with Crippen molar-refractivity contribution in [1.82, 2.24) is 0 Å². The molecule has 2 aromatic carbocycles. The fraction of sp³-hybridized carbons (Fsp3) is 0.278. The van der Waals surface area contributed by atoms with Gasteiger partial charge in [0.15, 0.2) is 0 Å². The van der Waals surface area contributed by atoms with Crippen LogP contribution < -0.4 is 19.5 Å². The van der Waals surface area contributed by atoms with Gasteiger partial charge in [0.05, 0.1) is 36.6 Å². The minimum absolute atomic E-state index is 0.182. The number of hydrogen-bond acceptors (Lipinski definition) is 4. The summed E-state index contributed by atoms with van der Waals surface area (Å²) >= 11 is 17.9. The summed E-state index contributed by atoms with van der Waals surface area (Å²) in [5, 5.41) is 4.14. The maximum atomic E-state index is 12.1. The molecule has 0 aliphatic rings. The summed E-state index contributed by atoms with van der Waals surface area (Å²) in [6.07, 6.45) is 0.775. The van der Waals surface area contributed by atoms with Crippen LogP contribution >= 0.6 is 34.8 Å². The summed E-state index contributed by atoms with van der Waals surface area (Å²) in [6, 6.07) is 8.18. The monoisotopic (exact) mass is 417 g/mol. The van der Waals surface area contributed by atoms with Gasteiger partial charge in [-0.15, -0.1) is 0 Å². The number of halogens is 3. The fourth-order valence-electron chi connectivity index (χ4n) is 2.18. The smallest absolute Gasteiger partial charge is 0.224 e. The van der Waals surface area contributed by atoms with E-state index in [1.807, 2.05) is 0 Å². The Morgan fingerprint density at radius 1 is 0.962 bits per heavy atom. The van der Waals surface area contributed by atoms with Crippen molar-refractivity contribution >= 4 is 46.4 Å². The van der Waals surface area contributed by atoms with Gasteiger partial charge in [-0.2, -0.15) is 0 Å². The van der Waals surface area contributed by atoms with E-state index >= 15 is 0 Å². The number of methoxy groups -OCH3 is 2. The number of benzene rings is 2. The third-order valence-corrected chi connectivity index (χ3v) is 4.27. The molecule has 0 radical (unpaired) electrons. The molecule has 1 N–H and O–H groups in total. The van der Waals surface area contributed by atoms with Crippen molar-refractivity contribution in [2.75, 3.05) is 26.1 Å². The number of ether oxygens (including phenoxy) is 3. The summed E-state index contributed by atoms with van der Waals surface area (Å²) in [4.78, 5) is 12.1. The highest BCUT2D eigenvalue weighted by Crippen LogP contribution is 2.36. The highest BCUT2D eigenvalue weighted by atomic mass is 35.5. The molecule has 140 valence electrons. The predicted molar refractivity (Wildman–Crippen MR) is 104 cm³/mol. The van der Waals surface area contributed by atoms with Crippen LogP contribution in [0, 0.1) is 0 Å². The molecule has 0 aliphatic carbocycles. The molecule has 0 heterocycles. The first-order valence-electron chi connectivity index (χ1n) is 7.73. The number of hydrogen-bond donors (Lipinski definition) is 1. The highest BCUT2D eigenvalue weighted by Gasteiger charge is 2.12. The lowest BCUT2D eigenvalue weighted by Crippen LogP contribution is -2.13. The Morgan fingerprint density at radius 2 is 1.65 bits per heavy atom. The van der Waals surface area contributed by atoms with Crippen molar-refractivity contribution in [3.63, 3.8) is 0 Å². The molecule has 0 aromatic heterocycles. The second kappa shape index (κ2) is 9.76. The van der Waals surface area contributed by atoms with Gasteiger partial charge in [0.25, 0.3) is 0 Å². The normalized spacial score (nSPS) is 10.3. The number of nitrogens with one attached hydrogen (secondary N) is 1. The van der Waals surface area contributed by atoms with Crippen LogP contribution in [0.4, 0.5) is 5.69 Å². The van der Waals surface area contributed by atoms with Crippen molar-refractivity contribution in [2.24, 2.45) is 0 Å². The third-order valence-electron chi connectivity index (χ3n) is 3.45. The lowest BCUT2D eigenvalue weighted by molar-refractivity contribution is -0.116. The Hall–Kier alpha value is -1.82. The fourth-order valence-corrected chi connectivity index (χ4v) is 2.87. The predicted octanol–water partition coefficient (Wildman–Crippen LogP) is 5.46. The number of anilines is 1. The van der Waals surface area contributed by atoms with E-state index in [0.717, 1.165) is 0 Å². The number of carbonyl (C=O) groups excluding carboxylic acids is 1. The van der Waals surface area contributed by atoms with Crippen LogP contribution in [-0.4, -0.2) is 26.7 Å². The third kappa shape index (κ3) is 5.59. The maximum absolute atomic E-state index is 12.1.